The molecule has 0 saturated carbocycles. The summed E-state index contributed by atoms with van der Waals surface area (Å²) in [5.74, 6) is -0.203. The first-order chi connectivity index (χ1) is 10.2. The lowest BCUT2D eigenvalue weighted by atomic mass is 9.94. The van der Waals surface area contributed by atoms with Crippen molar-refractivity contribution in [2.45, 2.75) is 0 Å². The summed E-state index contributed by atoms with van der Waals surface area (Å²) in [7, 11) is 0. The van der Waals surface area contributed by atoms with Crippen molar-refractivity contribution in [1.82, 2.24) is 0 Å². The molecule has 0 saturated heterocycles. The van der Waals surface area contributed by atoms with Gasteiger partial charge in [-0.1, -0.05) is 60.7 Å². The molecule has 0 radical (unpaired) electrons. The third-order valence-corrected chi connectivity index (χ3v) is 3.60. The lowest BCUT2D eigenvalue weighted by molar-refractivity contribution is 0.102. The Morgan fingerprint density at radius 2 is 1.43 bits per heavy atom. The quantitative estimate of drug-likeness (QED) is 0.528. The monoisotopic (exact) mass is 294 g/mol. The summed E-state index contributed by atoms with van der Waals surface area (Å²) in [6, 6.07) is 19.7. The number of hydrogen-bond acceptors (Lipinski definition) is 2. The number of ketones is 1. The Kier molecular flexibility index (Phi) is 3.55. The Hall–Kier alpha value is -2.45. The lowest BCUT2D eigenvalue weighted by Gasteiger charge is -2.09. The van der Waals surface area contributed by atoms with E-state index in [0.29, 0.717) is 16.5 Å². The van der Waals surface area contributed by atoms with Crippen molar-refractivity contribution in [1.29, 1.82) is 0 Å². The number of carbonyl (C=O) groups is 2. The normalized spacial score (nSPS) is 10.5. The summed E-state index contributed by atoms with van der Waals surface area (Å²) in [6.07, 6.45) is 0. The molecule has 3 aromatic rings. The predicted molar refractivity (Wildman–Crippen MR) is 84.0 cm³/mol. The molecule has 0 bridgehead atoms. The maximum Gasteiger partial charge on any atom is 0.253 e. The molecule has 3 heteroatoms. The molecule has 0 aliphatic carbocycles. The van der Waals surface area contributed by atoms with Gasteiger partial charge in [0.1, 0.15) is 0 Å². The van der Waals surface area contributed by atoms with E-state index in [-0.39, 0.29) is 11.3 Å². The van der Waals surface area contributed by atoms with E-state index in [0.717, 1.165) is 5.39 Å². The minimum Gasteiger partial charge on any atom is -0.289 e. The fourth-order valence-corrected chi connectivity index (χ4v) is 2.62. The highest BCUT2D eigenvalue weighted by atomic mass is 35.5. The van der Waals surface area contributed by atoms with Crippen LogP contribution < -0.4 is 0 Å². The first-order valence-corrected chi connectivity index (χ1v) is 6.87. The molecule has 0 aromatic heterocycles. The summed E-state index contributed by atoms with van der Waals surface area (Å²) in [4.78, 5) is 24.4. The predicted octanol–water partition coefficient (Wildman–Crippen LogP) is 4.45. The zero-order valence-electron chi connectivity index (χ0n) is 11.0. The van der Waals surface area contributed by atoms with Crippen molar-refractivity contribution in [2.24, 2.45) is 0 Å². The third-order valence-electron chi connectivity index (χ3n) is 3.41. The van der Waals surface area contributed by atoms with Crippen LogP contribution in [0, 0.1) is 0 Å². The summed E-state index contributed by atoms with van der Waals surface area (Å²) < 4.78 is 0. The smallest absolute Gasteiger partial charge is 0.253 e. The lowest BCUT2D eigenvalue weighted by Crippen LogP contribution is -2.08. The van der Waals surface area contributed by atoms with Crippen LogP contribution in [0.5, 0.6) is 0 Å². The molecule has 0 aliphatic heterocycles. The Morgan fingerprint density at radius 3 is 2.14 bits per heavy atom. The molecular formula is C18H11ClO2. The van der Waals surface area contributed by atoms with Crippen molar-refractivity contribution >= 4 is 33.4 Å². The standard InChI is InChI=1S/C18H11ClO2/c19-18(21)16-14-9-5-4-6-12(14)10-11-15(16)17(20)13-7-2-1-3-8-13/h1-11H. The number of fused-ring (bicyclic) bond motifs is 1. The van der Waals surface area contributed by atoms with Crippen molar-refractivity contribution in [3.05, 3.63) is 83.4 Å². The average molecular weight is 295 g/mol. The van der Waals surface area contributed by atoms with Gasteiger partial charge in [0.15, 0.2) is 5.78 Å². The van der Waals surface area contributed by atoms with E-state index < -0.39 is 5.24 Å². The molecule has 0 N–H and O–H groups in total. The van der Waals surface area contributed by atoms with Gasteiger partial charge in [0.2, 0.25) is 0 Å². The third kappa shape index (κ3) is 2.46. The molecule has 0 unspecified atom stereocenters. The van der Waals surface area contributed by atoms with Crippen LogP contribution >= 0.6 is 11.6 Å². The molecule has 2 nitrogen and oxygen atoms in total. The molecule has 0 amide bonds. The minimum absolute atomic E-state index is 0.203. The zero-order chi connectivity index (χ0) is 14.8. The van der Waals surface area contributed by atoms with Gasteiger partial charge in [-0.3, -0.25) is 9.59 Å². The van der Waals surface area contributed by atoms with E-state index in [1.807, 2.05) is 30.3 Å². The fourth-order valence-electron chi connectivity index (χ4n) is 2.42. The molecule has 0 fully saturated rings. The second-order valence-corrected chi connectivity index (χ2v) is 5.02. The summed E-state index contributed by atoms with van der Waals surface area (Å²) in [5, 5.41) is 0.955. The molecule has 3 rings (SSSR count). The van der Waals surface area contributed by atoms with Crippen LogP contribution in [0.3, 0.4) is 0 Å². The van der Waals surface area contributed by atoms with E-state index in [1.54, 1.807) is 36.4 Å². The second kappa shape index (κ2) is 5.51. The van der Waals surface area contributed by atoms with Gasteiger partial charge in [-0.15, -0.1) is 0 Å². The minimum atomic E-state index is -0.619. The maximum absolute atomic E-state index is 12.6. The van der Waals surface area contributed by atoms with Crippen molar-refractivity contribution in [3.8, 4) is 0 Å². The first kappa shape index (κ1) is 13.5. The average Bonchev–Trinajstić information content (AvgIpc) is 2.53. The highest BCUT2D eigenvalue weighted by molar-refractivity contribution is 6.69. The van der Waals surface area contributed by atoms with Gasteiger partial charge in [0.25, 0.3) is 5.24 Å². The Balaban J connectivity index is 2.26. The maximum atomic E-state index is 12.6. The molecule has 0 aliphatic rings. The van der Waals surface area contributed by atoms with Gasteiger partial charge in [0.05, 0.1) is 5.56 Å². The van der Waals surface area contributed by atoms with Crippen LogP contribution in [0.15, 0.2) is 66.7 Å². The van der Waals surface area contributed by atoms with E-state index >= 15 is 0 Å². The largest absolute Gasteiger partial charge is 0.289 e. The summed E-state index contributed by atoms with van der Waals surface area (Å²) in [5.41, 5.74) is 1.13. The Morgan fingerprint density at radius 1 is 0.762 bits per heavy atom. The second-order valence-electron chi connectivity index (χ2n) is 4.68. The van der Waals surface area contributed by atoms with Crippen LogP contribution in [0.1, 0.15) is 26.3 Å². The number of halogens is 1. The Bertz CT molecular complexity index is 838. The van der Waals surface area contributed by atoms with Crippen molar-refractivity contribution < 1.29 is 9.59 Å². The highest BCUT2D eigenvalue weighted by Crippen LogP contribution is 2.26. The molecule has 102 valence electrons. The van der Waals surface area contributed by atoms with E-state index in [4.69, 9.17) is 11.6 Å². The fraction of sp³-hybridized carbons (Fsp3) is 0. The van der Waals surface area contributed by atoms with Gasteiger partial charge in [0, 0.05) is 11.1 Å². The van der Waals surface area contributed by atoms with Crippen LogP contribution in [-0.4, -0.2) is 11.0 Å². The number of rotatable bonds is 3. The number of benzene rings is 3. The first-order valence-electron chi connectivity index (χ1n) is 6.50. The van der Waals surface area contributed by atoms with Crippen molar-refractivity contribution in [2.75, 3.05) is 0 Å². The van der Waals surface area contributed by atoms with Gasteiger partial charge in [-0.05, 0) is 28.4 Å². The summed E-state index contributed by atoms with van der Waals surface area (Å²) in [6.45, 7) is 0. The molecule has 0 heterocycles. The molecule has 0 spiro atoms. The van der Waals surface area contributed by atoms with Crippen LogP contribution in [-0.2, 0) is 0 Å². The van der Waals surface area contributed by atoms with Gasteiger partial charge in [-0.25, -0.2) is 0 Å². The van der Waals surface area contributed by atoms with E-state index in [9.17, 15) is 9.59 Å². The van der Waals surface area contributed by atoms with Gasteiger partial charge < -0.3 is 0 Å². The van der Waals surface area contributed by atoms with E-state index in [1.165, 1.54) is 0 Å². The zero-order valence-corrected chi connectivity index (χ0v) is 11.8. The Labute approximate surface area is 127 Å². The highest BCUT2D eigenvalue weighted by Gasteiger charge is 2.19. The topological polar surface area (TPSA) is 34.1 Å². The van der Waals surface area contributed by atoms with Gasteiger partial charge in [-0.2, -0.15) is 0 Å². The number of carbonyl (C=O) groups excluding carboxylic acids is 2. The van der Waals surface area contributed by atoms with E-state index in [2.05, 4.69) is 0 Å². The molecular weight excluding hydrogens is 284 g/mol. The van der Waals surface area contributed by atoms with Crippen LogP contribution in [0.4, 0.5) is 0 Å². The molecule has 0 atom stereocenters. The molecule has 21 heavy (non-hydrogen) atoms. The van der Waals surface area contributed by atoms with Crippen LogP contribution in [0.2, 0.25) is 0 Å². The van der Waals surface area contributed by atoms with Gasteiger partial charge >= 0.3 is 0 Å². The SMILES string of the molecule is O=C(c1ccccc1)c1ccc2ccccc2c1C(=O)Cl. The summed E-state index contributed by atoms with van der Waals surface area (Å²) >= 11 is 5.73. The number of hydrogen-bond donors (Lipinski definition) is 0. The van der Waals surface area contributed by atoms with Crippen molar-refractivity contribution in [3.63, 3.8) is 0 Å². The molecule has 3 aromatic carbocycles. The van der Waals surface area contributed by atoms with Crippen LogP contribution in [0.25, 0.3) is 10.8 Å².